The molecule has 1 N–H and O–H groups in total. The molecule has 0 saturated heterocycles. The second-order valence-corrected chi connectivity index (χ2v) is 8.02. The number of methoxy groups -OCH3 is 1. The third kappa shape index (κ3) is 3.67. The summed E-state index contributed by atoms with van der Waals surface area (Å²) in [7, 11) is -0.467. The molecule has 0 saturated carbocycles. The van der Waals surface area contributed by atoms with E-state index in [0.29, 0.717) is 18.5 Å². The number of anilines is 1. The van der Waals surface area contributed by atoms with Gasteiger partial charge in [0, 0.05) is 25.7 Å². The lowest BCUT2D eigenvalue weighted by Gasteiger charge is -2.21. The van der Waals surface area contributed by atoms with Crippen molar-refractivity contribution in [3.05, 3.63) is 53.6 Å². The van der Waals surface area contributed by atoms with Crippen molar-refractivity contribution >= 4 is 21.6 Å². The van der Waals surface area contributed by atoms with E-state index in [-0.39, 0.29) is 17.3 Å². The molecule has 0 radical (unpaired) electrons. The molecule has 2 aromatic rings. The highest BCUT2D eigenvalue weighted by Gasteiger charge is 2.23. The van der Waals surface area contributed by atoms with Crippen molar-refractivity contribution in [2.45, 2.75) is 24.3 Å². The molecule has 2 aromatic carbocycles. The lowest BCUT2D eigenvalue weighted by atomic mass is 10.0. The SMILES string of the molecule is COc1ccc(CN(C)S(=O)(=O)c2ccc3c(c2)CCC(=O)N3)cc1. The summed E-state index contributed by atoms with van der Waals surface area (Å²) in [5.74, 6) is 0.686. The molecule has 0 bridgehead atoms. The molecule has 25 heavy (non-hydrogen) atoms. The maximum Gasteiger partial charge on any atom is 0.243 e. The normalized spacial score (nSPS) is 14.1. The number of ether oxygens (including phenoxy) is 1. The second-order valence-electron chi connectivity index (χ2n) is 5.98. The van der Waals surface area contributed by atoms with Crippen LogP contribution in [0.1, 0.15) is 17.5 Å². The molecule has 3 rings (SSSR count). The summed E-state index contributed by atoms with van der Waals surface area (Å²) in [5.41, 5.74) is 2.41. The van der Waals surface area contributed by atoms with Gasteiger partial charge in [-0.2, -0.15) is 4.31 Å². The van der Waals surface area contributed by atoms with Gasteiger partial charge in [0.25, 0.3) is 0 Å². The van der Waals surface area contributed by atoms with Gasteiger partial charge in [-0.25, -0.2) is 8.42 Å². The second kappa shape index (κ2) is 6.85. The van der Waals surface area contributed by atoms with Gasteiger partial charge in [-0.05, 0) is 47.9 Å². The Bertz CT molecular complexity index is 892. The number of hydrogen-bond donors (Lipinski definition) is 1. The van der Waals surface area contributed by atoms with Crippen LogP contribution in [0.25, 0.3) is 0 Å². The average molecular weight is 360 g/mol. The molecule has 0 aliphatic carbocycles. The number of nitrogens with zero attached hydrogens (tertiary/aromatic N) is 1. The monoisotopic (exact) mass is 360 g/mol. The zero-order valence-electron chi connectivity index (χ0n) is 14.2. The van der Waals surface area contributed by atoms with Crippen LogP contribution in [0.3, 0.4) is 0 Å². The molecule has 0 aromatic heterocycles. The van der Waals surface area contributed by atoms with Gasteiger partial charge < -0.3 is 10.1 Å². The molecular weight excluding hydrogens is 340 g/mol. The van der Waals surface area contributed by atoms with E-state index < -0.39 is 10.0 Å². The molecule has 1 aliphatic rings. The Morgan fingerprint density at radius 3 is 2.52 bits per heavy atom. The number of rotatable bonds is 5. The van der Waals surface area contributed by atoms with E-state index in [1.54, 1.807) is 38.4 Å². The van der Waals surface area contributed by atoms with E-state index in [1.807, 2.05) is 12.1 Å². The number of fused-ring (bicyclic) bond motifs is 1. The number of sulfonamides is 1. The van der Waals surface area contributed by atoms with Crippen LogP contribution < -0.4 is 10.1 Å². The predicted molar refractivity (Wildman–Crippen MR) is 95.0 cm³/mol. The number of amides is 1. The van der Waals surface area contributed by atoms with E-state index in [0.717, 1.165) is 16.9 Å². The van der Waals surface area contributed by atoms with E-state index in [4.69, 9.17) is 4.74 Å². The molecule has 6 nitrogen and oxygen atoms in total. The predicted octanol–water partition coefficient (Wildman–Crippen LogP) is 2.40. The maximum atomic E-state index is 12.8. The first kappa shape index (κ1) is 17.4. The van der Waals surface area contributed by atoms with Gasteiger partial charge in [0.15, 0.2) is 0 Å². The summed E-state index contributed by atoms with van der Waals surface area (Å²) >= 11 is 0. The summed E-state index contributed by atoms with van der Waals surface area (Å²) in [6, 6.07) is 12.1. The van der Waals surface area contributed by atoms with Crippen LogP contribution in [0.4, 0.5) is 5.69 Å². The van der Waals surface area contributed by atoms with Crippen molar-refractivity contribution in [3.63, 3.8) is 0 Å². The zero-order chi connectivity index (χ0) is 18.0. The van der Waals surface area contributed by atoms with Crippen LogP contribution in [0.2, 0.25) is 0 Å². The lowest BCUT2D eigenvalue weighted by Crippen LogP contribution is -2.27. The van der Waals surface area contributed by atoms with Crippen molar-refractivity contribution < 1.29 is 17.9 Å². The zero-order valence-corrected chi connectivity index (χ0v) is 15.0. The molecule has 132 valence electrons. The van der Waals surface area contributed by atoms with Crippen LogP contribution in [0.15, 0.2) is 47.4 Å². The van der Waals surface area contributed by atoms with Crippen LogP contribution in [0, 0.1) is 0 Å². The Labute approximate surface area is 147 Å². The highest BCUT2D eigenvalue weighted by Crippen LogP contribution is 2.27. The van der Waals surface area contributed by atoms with Crippen molar-refractivity contribution in [3.8, 4) is 5.75 Å². The van der Waals surface area contributed by atoms with E-state index in [2.05, 4.69) is 5.32 Å². The first-order valence-corrected chi connectivity index (χ1v) is 9.36. The highest BCUT2D eigenvalue weighted by molar-refractivity contribution is 7.89. The van der Waals surface area contributed by atoms with Gasteiger partial charge in [0.05, 0.1) is 12.0 Å². The standard InChI is InChI=1S/C18H20N2O4S/c1-20(12-13-3-6-15(24-2)7-4-13)25(22,23)16-8-9-17-14(11-16)5-10-18(21)19-17/h3-4,6-9,11H,5,10,12H2,1-2H3,(H,19,21). The Morgan fingerprint density at radius 2 is 1.84 bits per heavy atom. The Kier molecular flexibility index (Phi) is 4.78. The van der Waals surface area contributed by atoms with Gasteiger partial charge in [-0.15, -0.1) is 0 Å². The topological polar surface area (TPSA) is 75.7 Å². The van der Waals surface area contributed by atoms with Crippen molar-refractivity contribution in [2.75, 3.05) is 19.5 Å². The van der Waals surface area contributed by atoms with Crippen molar-refractivity contribution in [1.29, 1.82) is 0 Å². The summed E-state index contributed by atoms with van der Waals surface area (Å²) in [5, 5.41) is 2.76. The molecular formula is C18H20N2O4S. The molecule has 1 amide bonds. The fraction of sp³-hybridized carbons (Fsp3) is 0.278. The van der Waals surface area contributed by atoms with Crippen LogP contribution in [0.5, 0.6) is 5.75 Å². The first-order chi connectivity index (χ1) is 11.9. The number of hydrogen-bond acceptors (Lipinski definition) is 4. The van der Waals surface area contributed by atoms with Crippen LogP contribution in [-0.4, -0.2) is 32.8 Å². The Balaban J connectivity index is 1.81. The summed E-state index contributed by atoms with van der Waals surface area (Å²) in [4.78, 5) is 11.7. The molecule has 0 unspecified atom stereocenters. The third-order valence-electron chi connectivity index (χ3n) is 4.24. The highest BCUT2D eigenvalue weighted by atomic mass is 32.2. The minimum Gasteiger partial charge on any atom is -0.497 e. The van der Waals surface area contributed by atoms with Crippen LogP contribution in [-0.2, 0) is 27.8 Å². The number of carbonyl (C=O) groups excluding carboxylic acids is 1. The molecule has 7 heteroatoms. The molecule has 0 atom stereocenters. The fourth-order valence-corrected chi connectivity index (χ4v) is 3.98. The largest absolute Gasteiger partial charge is 0.497 e. The van der Waals surface area contributed by atoms with Gasteiger partial charge in [0.1, 0.15) is 5.75 Å². The molecule has 0 spiro atoms. The molecule has 0 fully saturated rings. The average Bonchev–Trinajstić information content (AvgIpc) is 2.61. The van der Waals surface area contributed by atoms with Gasteiger partial charge in [-0.1, -0.05) is 12.1 Å². The minimum absolute atomic E-state index is 0.0419. The van der Waals surface area contributed by atoms with Crippen LogP contribution >= 0.6 is 0 Å². The smallest absolute Gasteiger partial charge is 0.243 e. The third-order valence-corrected chi connectivity index (χ3v) is 6.04. The number of benzene rings is 2. The van der Waals surface area contributed by atoms with E-state index in [1.165, 1.54) is 10.4 Å². The van der Waals surface area contributed by atoms with Gasteiger partial charge in [-0.3, -0.25) is 4.79 Å². The summed E-state index contributed by atoms with van der Waals surface area (Å²) in [6.07, 6.45) is 0.922. The minimum atomic E-state index is -3.61. The first-order valence-electron chi connectivity index (χ1n) is 7.92. The number of carbonyl (C=O) groups is 1. The molecule has 1 aliphatic heterocycles. The summed E-state index contributed by atoms with van der Waals surface area (Å²) in [6.45, 7) is 0.264. The Hall–Kier alpha value is -2.38. The van der Waals surface area contributed by atoms with Gasteiger partial charge in [0.2, 0.25) is 15.9 Å². The van der Waals surface area contributed by atoms with Crippen molar-refractivity contribution in [2.24, 2.45) is 0 Å². The number of nitrogens with one attached hydrogen (secondary N) is 1. The lowest BCUT2D eigenvalue weighted by molar-refractivity contribution is -0.116. The van der Waals surface area contributed by atoms with E-state index in [9.17, 15) is 13.2 Å². The quantitative estimate of drug-likeness (QED) is 0.888. The molecule has 1 heterocycles. The van der Waals surface area contributed by atoms with E-state index >= 15 is 0 Å². The fourth-order valence-electron chi connectivity index (χ4n) is 2.77. The Morgan fingerprint density at radius 1 is 1.12 bits per heavy atom. The van der Waals surface area contributed by atoms with Gasteiger partial charge >= 0.3 is 0 Å². The summed E-state index contributed by atoms with van der Waals surface area (Å²) < 4.78 is 32.1. The number of aryl methyl sites for hydroxylation is 1. The van der Waals surface area contributed by atoms with Crippen molar-refractivity contribution in [1.82, 2.24) is 4.31 Å². The maximum absolute atomic E-state index is 12.8.